The molecule has 8 nitrogen and oxygen atoms in total. The molecule has 0 aromatic heterocycles. The fourth-order valence-electron chi connectivity index (χ4n) is 5.85. The zero-order chi connectivity index (χ0) is 29.5. The second-order valence-electron chi connectivity index (χ2n) is 12.1. The molecular formula is C32H63N4O4+. The van der Waals surface area contributed by atoms with Gasteiger partial charge in [-0.2, -0.15) is 4.59 Å². The molecule has 0 aliphatic carbocycles. The van der Waals surface area contributed by atoms with E-state index < -0.39 is 0 Å². The number of carbonyl (C=O) groups excluding carboxylic acids is 3. The van der Waals surface area contributed by atoms with Gasteiger partial charge in [-0.05, 0) is 19.3 Å². The Bertz CT molecular complexity index is 665. The van der Waals surface area contributed by atoms with Crippen LogP contribution in [0, 0.1) is 11.8 Å². The minimum atomic E-state index is -0.0227. The minimum absolute atomic E-state index is 0.0227. The molecule has 1 aliphatic heterocycles. The summed E-state index contributed by atoms with van der Waals surface area (Å²) in [6, 6.07) is 0. The summed E-state index contributed by atoms with van der Waals surface area (Å²) in [6.45, 7) is 11.9. The number of nitrogens with zero attached hydrogens (tertiary/aromatic N) is 3. The highest BCUT2D eigenvalue weighted by molar-refractivity contribution is 5.80. The van der Waals surface area contributed by atoms with Crippen LogP contribution in [-0.4, -0.2) is 72.9 Å². The van der Waals surface area contributed by atoms with E-state index >= 15 is 0 Å². The van der Waals surface area contributed by atoms with E-state index in [2.05, 4.69) is 19.3 Å². The van der Waals surface area contributed by atoms with Crippen LogP contribution in [0.4, 0.5) is 0 Å². The molecule has 0 aromatic rings. The Kier molecular flexibility index (Phi) is 20.9. The smallest absolute Gasteiger partial charge is 0.279 e. The molecule has 0 spiro atoms. The summed E-state index contributed by atoms with van der Waals surface area (Å²) in [5, 5.41) is 1.30. The standard InChI is InChI=1S/C32H62N4O4/c1-5-7-8-9-10-11-12-13-14-15-16-17-18-19-20-21-24-40-25-22-23-36(6-2,35(29-38)33-27-37)28-34-26-30(3)31(4)32(34)39/h27,29-31H,5-26,28H2,1-4H3/p+1. The normalized spacial score (nSPS) is 18.6. The summed E-state index contributed by atoms with van der Waals surface area (Å²) in [4.78, 5) is 37.6. The van der Waals surface area contributed by atoms with Crippen molar-refractivity contribution < 1.29 is 23.7 Å². The lowest BCUT2D eigenvalue weighted by atomic mass is 10.0. The Morgan fingerprint density at radius 3 is 1.75 bits per heavy atom. The number of nitrogens with one attached hydrogen (secondary N) is 1. The Morgan fingerprint density at radius 2 is 1.32 bits per heavy atom. The third-order valence-electron chi connectivity index (χ3n) is 8.83. The summed E-state index contributed by atoms with van der Waals surface area (Å²) in [6.07, 6.45) is 23.6. The van der Waals surface area contributed by atoms with E-state index in [4.69, 9.17) is 4.74 Å². The number of quaternary nitrogens is 1. The van der Waals surface area contributed by atoms with Crippen molar-refractivity contribution in [3.05, 3.63) is 0 Å². The first-order valence-corrected chi connectivity index (χ1v) is 16.6. The number of unbranched alkanes of at least 4 members (excludes halogenated alkanes) is 15. The monoisotopic (exact) mass is 567 g/mol. The number of likely N-dealkylation sites (tertiary alicyclic amines) is 1. The van der Waals surface area contributed by atoms with Gasteiger partial charge in [0.25, 0.3) is 6.41 Å². The van der Waals surface area contributed by atoms with Crippen molar-refractivity contribution in [2.45, 2.75) is 137 Å². The predicted molar refractivity (Wildman–Crippen MR) is 163 cm³/mol. The fraction of sp³-hybridized carbons (Fsp3) is 0.906. The topological polar surface area (TPSA) is 79.0 Å². The molecule has 0 saturated carbocycles. The second kappa shape index (κ2) is 23.0. The Hall–Kier alpha value is -1.67. The van der Waals surface area contributed by atoms with Gasteiger partial charge in [0, 0.05) is 25.5 Å². The number of rotatable bonds is 28. The SMILES string of the molecule is CCCCCCCCCCCCCCCCCCOCCC[N+](CC)(CN1CC(C)C(C)C1=O)N(C=O)NC=O. The van der Waals surface area contributed by atoms with Crippen molar-refractivity contribution in [1.82, 2.24) is 15.4 Å². The highest BCUT2D eigenvalue weighted by atomic mass is 16.5. The van der Waals surface area contributed by atoms with E-state index in [1.807, 2.05) is 18.7 Å². The molecule has 1 N–H and O–H groups in total. The molecule has 0 aromatic carbocycles. The molecule has 0 radical (unpaired) electrons. The number of hydrogen-bond donors (Lipinski definition) is 1. The van der Waals surface area contributed by atoms with E-state index in [0.717, 1.165) is 19.4 Å². The highest BCUT2D eigenvalue weighted by Crippen LogP contribution is 2.26. The van der Waals surface area contributed by atoms with Crippen LogP contribution in [0.15, 0.2) is 0 Å². The maximum atomic E-state index is 12.7. The Morgan fingerprint density at radius 1 is 0.825 bits per heavy atom. The average Bonchev–Trinajstić information content (AvgIpc) is 3.20. The van der Waals surface area contributed by atoms with Crippen molar-refractivity contribution in [1.29, 1.82) is 0 Å². The minimum Gasteiger partial charge on any atom is -0.381 e. The summed E-state index contributed by atoms with van der Waals surface area (Å²) in [5.41, 5.74) is 2.53. The van der Waals surface area contributed by atoms with Crippen LogP contribution >= 0.6 is 0 Å². The Labute approximate surface area is 246 Å². The van der Waals surface area contributed by atoms with Crippen LogP contribution in [0.25, 0.3) is 0 Å². The van der Waals surface area contributed by atoms with Gasteiger partial charge in [-0.1, -0.05) is 122 Å². The molecule has 1 saturated heterocycles. The van der Waals surface area contributed by atoms with Gasteiger partial charge in [-0.15, -0.1) is 0 Å². The molecule has 0 bridgehead atoms. The number of amides is 3. The molecule has 1 fully saturated rings. The van der Waals surface area contributed by atoms with E-state index in [1.165, 1.54) is 101 Å². The van der Waals surface area contributed by atoms with Crippen molar-refractivity contribution in [2.75, 3.05) is 39.5 Å². The molecule has 1 heterocycles. The molecule has 1 rings (SSSR count). The fourth-order valence-corrected chi connectivity index (χ4v) is 5.85. The third-order valence-corrected chi connectivity index (χ3v) is 8.83. The van der Waals surface area contributed by atoms with E-state index in [-0.39, 0.29) is 22.3 Å². The number of ether oxygens (including phenoxy) is 1. The van der Waals surface area contributed by atoms with Crippen LogP contribution in [0.1, 0.15) is 137 Å². The van der Waals surface area contributed by atoms with Crippen LogP contribution in [0.5, 0.6) is 0 Å². The number of hydrogen-bond acceptors (Lipinski definition) is 4. The molecule has 1 aliphatic rings. The van der Waals surface area contributed by atoms with Crippen molar-refractivity contribution in [3.8, 4) is 0 Å². The van der Waals surface area contributed by atoms with E-state index in [1.54, 1.807) is 0 Å². The highest BCUT2D eigenvalue weighted by Gasteiger charge is 2.42. The van der Waals surface area contributed by atoms with Gasteiger partial charge >= 0.3 is 0 Å². The first kappa shape index (κ1) is 36.4. The van der Waals surface area contributed by atoms with Crippen LogP contribution in [-0.2, 0) is 19.1 Å². The molecule has 3 atom stereocenters. The van der Waals surface area contributed by atoms with Gasteiger partial charge in [-0.3, -0.25) is 19.3 Å². The third kappa shape index (κ3) is 14.3. The van der Waals surface area contributed by atoms with Gasteiger partial charge in [-0.25, -0.2) is 5.43 Å². The summed E-state index contributed by atoms with van der Waals surface area (Å²) < 4.78 is 6.08. The van der Waals surface area contributed by atoms with Gasteiger partial charge in [0.15, 0.2) is 6.67 Å². The molecular weight excluding hydrogens is 504 g/mol. The number of carbonyl (C=O) groups is 3. The van der Waals surface area contributed by atoms with Crippen molar-refractivity contribution in [2.24, 2.45) is 11.8 Å². The van der Waals surface area contributed by atoms with E-state index in [0.29, 0.717) is 45.7 Å². The lowest BCUT2D eigenvalue weighted by Crippen LogP contribution is -2.68. The molecule has 3 unspecified atom stereocenters. The van der Waals surface area contributed by atoms with Gasteiger partial charge < -0.3 is 4.74 Å². The summed E-state index contributed by atoms with van der Waals surface area (Å²) >= 11 is 0. The Balaban J connectivity index is 2.14. The first-order valence-electron chi connectivity index (χ1n) is 16.6. The number of hydrazine groups is 1. The quantitative estimate of drug-likeness (QED) is 0.0500. The average molecular weight is 568 g/mol. The van der Waals surface area contributed by atoms with E-state index in [9.17, 15) is 14.4 Å². The second-order valence-corrected chi connectivity index (χ2v) is 12.1. The zero-order valence-electron chi connectivity index (χ0n) is 26.5. The van der Waals surface area contributed by atoms with Crippen LogP contribution in [0.2, 0.25) is 0 Å². The maximum Gasteiger partial charge on any atom is 0.279 e. The molecule has 40 heavy (non-hydrogen) atoms. The van der Waals surface area contributed by atoms with Crippen LogP contribution < -0.4 is 5.43 Å². The largest absolute Gasteiger partial charge is 0.381 e. The van der Waals surface area contributed by atoms with Crippen molar-refractivity contribution >= 4 is 18.7 Å². The van der Waals surface area contributed by atoms with Crippen LogP contribution in [0.3, 0.4) is 0 Å². The summed E-state index contributed by atoms with van der Waals surface area (Å²) in [5.74, 6) is 0.365. The van der Waals surface area contributed by atoms with Gasteiger partial charge in [0.05, 0.1) is 6.61 Å². The summed E-state index contributed by atoms with van der Waals surface area (Å²) in [7, 11) is 0. The van der Waals surface area contributed by atoms with Crippen molar-refractivity contribution in [3.63, 3.8) is 0 Å². The maximum absolute atomic E-state index is 12.7. The molecule has 234 valence electrons. The lowest BCUT2D eigenvalue weighted by Gasteiger charge is -2.43. The van der Waals surface area contributed by atoms with Gasteiger partial charge in [0.2, 0.25) is 12.3 Å². The lowest BCUT2D eigenvalue weighted by molar-refractivity contribution is -1.03. The predicted octanol–water partition coefficient (Wildman–Crippen LogP) is 6.60. The molecule has 3 amide bonds. The molecule has 8 heteroatoms. The first-order chi connectivity index (χ1) is 19.5. The zero-order valence-corrected chi connectivity index (χ0v) is 26.5. The van der Waals surface area contributed by atoms with Gasteiger partial charge in [0.1, 0.15) is 13.1 Å².